The summed E-state index contributed by atoms with van der Waals surface area (Å²) in [7, 11) is 0. The molecule has 0 fully saturated rings. The molecule has 3 heteroatoms. The SMILES string of the molecule is CCc1cccc(C)c1NC(=O)Cc1coc2ccc3ccccc3c12. The predicted octanol–water partition coefficient (Wildman–Crippen LogP) is 5.64. The maximum absolute atomic E-state index is 12.7. The Morgan fingerprint density at radius 2 is 1.85 bits per heavy atom. The Hall–Kier alpha value is -3.07. The van der Waals surface area contributed by atoms with E-state index in [1.165, 1.54) is 0 Å². The number of furan rings is 1. The quantitative estimate of drug-likeness (QED) is 0.521. The molecule has 0 saturated carbocycles. The van der Waals surface area contributed by atoms with Crippen LogP contribution in [0.5, 0.6) is 0 Å². The maximum atomic E-state index is 12.7. The van der Waals surface area contributed by atoms with Crippen molar-refractivity contribution >= 4 is 33.3 Å². The normalized spacial score (nSPS) is 11.2. The molecule has 0 saturated heterocycles. The van der Waals surface area contributed by atoms with E-state index in [0.717, 1.165) is 50.5 Å². The van der Waals surface area contributed by atoms with Crippen molar-refractivity contribution in [1.29, 1.82) is 0 Å². The van der Waals surface area contributed by atoms with Crippen LogP contribution in [0.15, 0.2) is 65.3 Å². The summed E-state index contributed by atoms with van der Waals surface area (Å²) in [5.41, 5.74) is 4.90. The van der Waals surface area contributed by atoms with Crippen molar-refractivity contribution in [2.45, 2.75) is 26.7 Å². The summed E-state index contributed by atoms with van der Waals surface area (Å²) in [6.45, 7) is 4.12. The van der Waals surface area contributed by atoms with Gasteiger partial charge in [0.1, 0.15) is 5.58 Å². The second-order valence-corrected chi connectivity index (χ2v) is 6.61. The summed E-state index contributed by atoms with van der Waals surface area (Å²) >= 11 is 0. The number of carbonyl (C=O) groups is 1. The summed E-state index contributed by atoms with van der Waals surface area (Å²) in [5.74, 6) is -0.0235. The molecule has 0 atom stereocenters. The molecule has 0 spiro atoms. The number of hydrogen-bond donors (Lipinski definition) is 1. The van der Waals surface area contributed by atoms with Gasteiger partial charge in [0, 0.05) is 16.6 Å². The highest BCUT2D eigenvalue weighted by atomic mass is 16.3. The van der Waals surface area contributed by atoms with Crippen molar-refractivity contribution in [2.24, 2.45) is 0 Å². The number of amides is 1. The molecule has 1 heterocycles. The average Bonchev–Trinajstić information content (AvgIpc) is 3.06. The highest BCUT2D eigenvalue weighted by Crippen LogP contribution is 2.30. The van der Waals surface area contributed by atoms with Crippen LogP contribution in [0, 0.1) is 6.92 Å². The zero-order chi connectivity index (χ0) is 18.1. The van der Waals surface area contributed by atoms with Crippen molar-refractivity contribution in [3.63, 3.8) is 0 Å². The van der Waals surface area contributed by atoms with E-state index in [0.29, 0.717) is 6.42 Å². The zero-order valence-corrected chi connectivity index (χ0v) is 15.0. The van der Waals surface area contributed by atoms with E-state index in [1.54, 1.807) is 6.26 Å². The lowest BCUT2D eigenvalue weighted by Gasteiger charge is -2.12. The third-order valence-electron chi connectivity index (χ3n) is 4.90. The van der Waals surface area contributed by atoms with Crippen molar-refractivity contribution in [1.82, 2.24) is 0 Å². The predicted molar refractivity (Wildman–Crippen MR) is 107 cm³/mol. The van der Waals surface area contributed by atoms with Gasteiger partial charge < -0.3 is 9.73 Å². The second-order valence-electron chi connectivity index (χ2n) is 6.61. The first kappa shape index (κ1) is 16.4. The highest BCUT2D eigenvalue weighted by Gasteiger charge is 2.15. The number of rotatable bonds is 4. The monoisotopic (exact) mass is 343 g/mol. The summed E-state index contributed by atoms with van der Waals surface area (Å²) in [5, 5.41) is 6.39. The first-order valence-corrected chi connectivity index (χ1v) is 8.93. The van der Waals surface area contributed by atoms with Gasteiger partial charge >= 0.3 is 0 Å². The van der Waals surface area contributed by atoms with E-state index in [2.05, 4.69) is 30.4 Å². The van der Waals surface area contributed by atoms with E-state index < -0.39 is 0 Å². The maximum Gasteiger partial charge on any atom is 0.228 e. The summed E-state index contributed by atoms with van der Waals surface area (Å²) in [6.07, 6.45) is 2.88. The van der Waals surface area contributed by atoms with Crippen molar-refractivity contribution < 1.29 is 9.21 Å². The molecular formula is C23H21NO2. The Morgan fingerprint density at radius 1 is 1.00 bits per heavy atom. The van der Waals surface area contributed by atoms with Gasteiger partial charge in [-0.2, -0.15) is 0 Å². The average molecular weight is 343 g/mol. The number of anilines is 1. The van der Waals surface area contributed by atoms with E-state index in [9.17, 15) is 4.79 Å². The number of nitrogens with one attached hydrogen (secondary N) is 1. The molecule has 0 aliphatic heterocycles. The smallest absolute Gasteiger partial charge is 0.228 e. The van der Waals surface area contributed by atoms with Crippen molar-refractivity contribution in [3.05, 3.63) is 77.6 Å². The van der Waals surface area contributed by atoms with Crippen LogP contribution in [0.3, 0.4) is 0 Å². The Morgan fingerprint density at radius 3 is 2.69 bits per heavy atom. The van der Waals surface area contributed by atoms with Crippen LogP contribution in [0.25, 0.3) is 21.7 Å². The fraction of sp³-hybridized carbons (Fsp3) is 0.174. The molecule has 3 aromatic carbocycles. The Labute approximate surface area is 152 Å². The lowest BCUT2D eigenvalue weighted by molar-refractivity contribution is -0.115. The van der Waals surface area contributed by atoms with E-state index in [-0.39, 0.29) is 5.91 Å². The summed E-state index contributed by atoms with van der Waals surface area (Å²) < 4.78 is 5.70. The molecule has 0 unspecified atom stereocenters. The molecule has 1 N–H and O–H groups in total. The van der Waals surface area contributed by atoms with Crippen LogP contribution in [0.2, 0.25) is 0 Å². The molecule has 130 valence electrons. The molecule has 0 aliphatic rings. The van der Waals surface area contributed by atoms with Crippen molar-refractivity contribution in [3.8, 4) is 0 Å². The molecule has 26 heavy (non-hydrogen) atoms. The molecule has 1 aromatic heterocycles. The Balaban J connectivity index is 1.68. The summed E-state index contributed by atoms with van der Waals surface area (Å²) in [6, 6.07) is 18.3. The van der Waals surface area contributed by atoms with Crippen LogP contribution in [0.4, 0.5) is 5.69 Å². The molecule has 1 amide bonds. The minimum Gasteiger partial charge on any atom is -0.464 e. The van der Waals surface area contributed by atoms with Gasteiger partial charge in [0.15, 0.2) is 0 Å². The number of fused-ring (bicyclic) bond motifs is 3. The fourth-order valence-corrected chi connectivity index (χ4v) is 3.56. The van der Waals surface area contributed by atoms with Crippen molar-refractivity contribution in [2.75, 3.05) is 5.32 Å². The Kier molecular flexibility index (Phi) is 4.21. The standard InChI is InChI=1S/C23H21NO2/c1-3-16-9-6-7-15(2)23(16)24-21(25)13-18-14-26-20-12-11-17-8-4-5-10-19(17)22(18)20/h4-12,14H,3,13H2,1-2H3,(H,24,25). The third-order valence-corrected chi connectivity index (χ3v) is 4.90. The third kappa shape index (κ3) is 2.86. The molecule has 4 rings (SSSR count). The lowest BCUT2D eigenvalue weighted by Crippen LogP contribution is -2.16. The second kappa shape index (κ2) is 6.68. The molecule has 0 bridgehead atoms. The lowest BCUT2D eigenvalue weighted by atomic mass is 10.0. The largest absolute Gasteiger partial charge is 0.464 e. The van der Waals surface area contributed by atoms with Gasteiger partial charge in [0.05, 0.1) is 12.7 Å². The van der Waals surface area contributed by atoms with E-state index in [4.69, 9.17) is 4.42 Å². The first-order chi connectivity index (χ1) is 12.7. The number of benzene rings is 3. The van der Waals surface area contributed by atoms with Gasteiger partial charge in [-0.1, -0.05) is 55.5 Å². The van der Waals surface area contributed by atoms with Crippen LogP contribution in [0.1, 0.15) is 23.6 Å². The summed E-state index contributed by atoms with van der Waals surface area (Å²) in [4.78, 5) is 12.7. The first-order valence-electron chi connectivity index (χ1n) is 8.93. The minimum absolute atomic E-state index is 0.0235. The van der Waals surface area contributed by atoms with Gasteiger partial charge in [-0.05, 0) is 41.3 Å². The van der Waals surface area contributed by atoms with Crippen LogP contribution < -0.4 is 5.32 Å². The minimum atomic E-state index is -0.0235. The van der Waals surface area contributed by atoms with Gasteiger partial charge in [-0.25, -0.2) is 0 Å². The van der Waals surface area contributed by atoms with Gasteiger partial charge in [-0.15, -0.1) is 0 Å². The fourth-order valence-electron chi connectivity index (χ4n) is 3.56. The molecule has 4 aromatic rings. The van der Waals surface area contributed by atoms with E-state index in [1.807, 2.05) is 43.3 Å². The molecule has 0 aliphatic carbocycles. The van der Waals surface area contributed by atoms with Crippen LogP contribution in [-0.4, -0.2) is 5.91 Å². The van der Waals surface area contributed by atoms with Crippen LogP contribution >= 0.6 is 0 Å². The number of aryl methyl sites for hydroxylation is 2. The van der Waals surface area contributed by atoms with E-state index >= 15 is 0 Å². The Bertz CT molecular complexity index is 1110. The number of carbonyl (C=O) groups excluding carboxylic acids is 1. The number of hydrogen-bond acceptors (Lipinski definition) is 2. The zero-order valence-electron chi connectivity index (χ0n) is 15.0. The molecule has 0 radical (unpaired) electrons. The van der Waals surface area contributed by atoms with Gasteiger partial charge in [-0.3, -0.25) is 4.79 Å². The van der Waals surface area contributed by atoms with Gasteiger partial charge in [0.2, 0.25) is 5.91 Å². The molecular weight excluding hydrogens is 322 g/mol. The number of para-hydroxylation sites is 1. The molecule has 3 nitrogen and oxygen atoms in total. The van der Waals surface area contributed by atoms with Crippen LogP contribution in [-0.2, 0) is 17.6 Å². The van der Waals surface area contributed by atoms with Gasteiger partial charge in [0.25, 0.3) is 0 Å². The highest BCUT2D eigenvalue weighted by molar-refractivity contribution is 6.09. The topological polar surface area (TPSA) is 42.2 Å².